The van der Waals surface area contributed by atoms with E-state index in [4.69, 9.17) is 4.74 Å². The van der Waals surface area contributed by atoms with Crippen molar-refractivity contribution in [1.29, 1.82) is 0 Å². The first-order valence-corrected chi connectivity index (χ1v) is 11.1. The molecule has 0 unspecified atom stereocenters. The van der Waals surface area contributed by atoms with Crippen LogP contribution in [-0.4, -0.2) is 88.4 Å². The van der Waals surface area contributed by atoms with Gasteiger partial charge in [-0.25, -0.2) is 13.2 Å². The average Bonchev–Trinajstić information content (AvgIpc) is 2.66. The monoisotopic (exact) mass is 396 g/mol. The number of rotatable bonds is 4. The predicted molar refractivity (Wildman–Crippen MR) is 105 cm³/mol. The summed E-state index contributed by atoms with van der Waals surface area (Å²) >= 11 is 0. The number of urea groups is 1. The molecular formula is C18H28N4O4S. The Morgan fingerprint density at radius 1 is 1.19 bits per heavy atom. The molecule has 2 amide bonds. The fourth-order valence-corrected chi connectivity index (χ4v) is 4.34. The summed E-state index contributed by atoms with van der Waals surface area (Å²) in [7, 11) is -3.23. The second-order valence-electron chi connectivity index (χ2n) is 7.06. The van der Waals surface area contributed by atoms with Crippen molar-refractivity contribution in [2.24, 2.45) is 0 Å². The van der Waals surface area contributed by atoms with Crippen molar-refractivity contribution in [3.8, 4) is 0 Å². The molecule has 2 fully saturated rings. The van der Waals surface area contributed by atoms with Crippen LogP contribution in [0, 0.1) is 6.92 Å². The van der Waals surface area contributed by atoms with E-state index in [2.05, 4.69) is 29.3 Å². The molecule has 3 rings (SSSR count). The molecule has 0 bridgehead atoms. The Morgan fingerprint density at radius 2 is 1.89 bits per heavy atom. The first kappa shape index (κ1) is 19.9. The topological polar surface area (TPSA) is 82.2 Å². The van der Waals surface area contributed by atoms with Crippen molar-refractivity contribution >= 4 is 21.7 Å². The van der Waals surface area contributed by atoms with Crippen LogP contribution in [0.2, 0.25) is 0 Å². The maximum Gasteiger partial charge on any atom is 0.317 e. The van der Waals surface area contributed by atoms with Crippen LogP contribution in [0.3, 0.4) is 0 Å². The third-order valence-electron chi connectivity index (χ3n) is 5.07. The van der Waals surface area contributed by atoms with Gasteiger partial charge in [0.15, 0.2) is 0 Å². The van der Waals surface area contributed by atoms with Crippen LogP contribution in [0.1, 0.15) is 5.56 Å². The van der Waals surface area contributed by atoms with Crippen molar-refractivity contribution in [2.75, 3.05) is 63.6 Å². The molecule has 150 valence electrons. The molecule has 1 N–H and O–H groups in total. The van der Waals surface area contributed by atoms with Gasteiger partial charge in [0.2, 0.25) is 10.0 Å². The summed E-state index contributed by atoms with van der Waals surface area (Å²) in [6, 6.07) is 8.14. The number of ether oxygens (including phenoxy) is 1. The second-order valence-corrected chi connectivity index (χ2v) is 9.04. The van der Waals surface area contributed by atoms with E-state index in [0.29, 0.717) is 32.8 Å². The molecule has 2 saturated heterocycles. The summed E-state index contributed by atoms with van der Waals surface area (Å²) in [5, 5.41) is 2.88. The summed E-state index contributed by atoms with van der Waals surface area (Å²) in [6.07, 6.45) is 0.882. The van der Waals surface area contributed by atoms with Gasteiger partial charge in [0.1, 0.15) is 0 Å². The number of anilines is 1. The van der Waals surface area contributed by atoms with E-state index < -0.39 is 10.0 Å². The molecule has 2 aliphatic heterocycles. The fraction of sp³-hybridized carbons (Fsp3) is 0.611. The third-order valence-corrected chi connectivity index (χ3v) is 6.34. The molecule has 0 aliphatic carbocycles. The van der Waals surface area contributed by atoms with Gasteiger partial charge >= 0.3 is 6.03 Å². The van der Waals surface area contributed by atoms with Gasteiger partial charge in [-0.05, 0) is 18.6 Å². The second kappa shape index (κ2) is 8.45. The lowest BCUT2D eigenvalue weighted by molar-refractivity contribution is 0.000878. The van der Waals surface area contributed by atoms with Crippen molar-refractivity contribution < 1.29 is 17.9 Å². The molecule has 8 nitrogen and oxygen atoms in total. The summed E-state index contributed by atoms with van der Waals surface area (Å²) < 4.78 is 30.3. The van der Waals surface area contributed by atoms with Gasteiger partial charge in [-0.1, -0.05) is 18.2 Å². The largest absolute Gasteiger partial charge is 0.374 e. The number of sulfonamides is 1. The molecule has 0 saturated carbocycles. The number of nitrogens with one attached hydrogen (secondary N) is 1. The number of nitrogens with zero attached hydrogens (tertiary/aromatic N) is 3. The fourth-order valence-electron chi connectivity index (χ4n) is 3.50. The maximum absolute atomic E-state index is 12.4. The number of carbonyl (C=O) groups is 1. The Bertz CT molecular complexity index is 762. The first-order valence-electron chi connectivity index (χ1n) is 9.24. The third kappa shape index (κ3) is 5.12. The van der Waals surface area contributed by atoms with Gasteiger partial charge in [0.25, 0.3) is 0 Å². The lowest BCUT2D eigenvalue weighted by Crippen LogP contribution is -2.54. The highest BCUT2D eigenvalue weighted by Gasteiger charge is 2.28. The molecule has 0 radical (unpaired) electrons. The number of para-hydroxylation sites is 1. The summed E-state index contributed by atoms with van der Waals surface area (Å²) in [5.41, 5.74) is 2.45. The van der Waals surface area contributed by atoms with E-state index in [0.717, 1.165) is 13.1 Å². The molecular weight excluding hydrogens is 368 g/mol. The quantitative estimate of drug-likeness (QED) is 0.801. The maximum atomic E-state index is 12.4. The minimum atomic E-state index is -3.23. The normalized spacial score (nSPS) is 21.9. The van der Waals surface area contributed by atoms with Crippen LogP contribution in [0.4, 0.5) is 10.5 Å². The minimum absolute atomic E-state index is 0.125. The molecule has 1 atom stereocenters. The zero-order valence-corrected chi connectivity index (χ0v) is 16.7. The van der Waals surface area contributed by atoms with Crippen LogP contribution in [0.15, 0.2) is 24.3 Å². The zero-order valence-electron chi connectivity index (χ0n) is 15.9. The van der Waals surface area contributed by atoms with Crippen LogP contribution in [0.25, 0.3) is 0 Å². The van der Waals surface area contributed by atoms with Crippen molar-refractivity contribution in [3.05, 3.63) is 29.8 Å². The zero-order chi connectivity index (χ0) is 19.4. The lowest BCUT2D eigenvalue weighted by atomic mass is 10.1. The van der Waals surface area contributed by atoms with Crippen LogP contribution >= 0.6 is 0 Å². The number of hydrogen-bond donors (Lipinski definition) is 1. The van der Waals surface area contributed by atoms with Crippen molar-refractivity contribution in [2.45, 2.75) is 13.0 Å². The lowest BCUT2D eigenvalue weighted by Gasteiger charge is -2.37. The molecule has 0 spiro atoms. The number of hydrogen-bond acceptors (Lipinski definition) is 5. The van der Waals surface area contributed by atoms with E-state index in [1.807, 2.05) is 12.1 Å². The van der Waals surface area contributed by atoms with Crippen LogP contribution in [-0.2, 0) is 14.8 Å². The van der Waals surface area contributed by atoms with E-state index in [1.165, 1.54) is 21.8 Å². The Kier molecular flexibility index (Phi) is 6.23. The van der Waals surface area contributed by atoms with E-state index in [9.17, 15) is 13.2 Å². The number of morpholine rings is 1. The van der Waals surface area contributed by atoms with Gasteiger partial charge in [-0.2, -0.15) is 4.31 Å². The van der Waals surface area contributed by atoms with E-state index in [-0.39, 0.29) is 18.7 Å². The molecule has 1 aromatic carbocycles. The van der Waals surface area contributed by atoms with Gasteiger partial charge in [-0.15, -0.1) is 0 Å². The summed E-state index contributed by atoms with van der Waals surface area (Å²) in [6.45, 7) is 6.29. The molecule has 2 aliphatic rings. The van der Waals surface area contributed by atoms with Crippen molar-refractivity contribution in [3.63, 3.8) is 0 Å². The number of amides is 2. The number of benzene rings is 1. The number of piperazine rings is 1. The summed E-state index contributed by atoms with van der Waals surface area (Å²) in [5.74, 6) is 0. The van der Waals surface area contributed by atoms with E-state index in [1.54, 1.807) is 4.90 Å². The smallest absolute Gasteiger partial charge is 0.317 e. The first-order chi connectivity index (χ1) is 12.8. The SMILES string of the molecule is Cc1ccccc1N1CCN(C(=O)NC[C@H]2CN(S(C)(=O)=O)CCO2)CC1. The molecule has 1 aromatic rings. The summed E-state index contributed by atoms with van der Waals surface area (Å²) in [4.78, 5) is 16.5. The Labute approximate surface area is 161 Å². The molecule has 0 aromatic heterocycles. The highest BCUT2D eigenvalue weighted by Crippen LogP contribution is 2.20. The number of aryl methyl sites for hydroxylation is 1. The van der Waals surface area contributed by atoms with E-state index >= 15 is 0 Å². The van der Waals surface area contributed by atoms with Gasteiger partial charge < -0.3 is 19.9 Å². The Hall–Kier alpha value is -1.84. The minimum Gasteiger partial charge on any atom is -0.374 e. The average molecular weight is 397 g/mol. The molecule has 27 heavy (non-hydrogen) atoms. The molecule has 2 heterocycles. The van der Waals surface area contributed by atoms with Crippen LogP contribution in [0.5, 0.6) is 0 Å². The van der Waals surface area contributed by atoms with Gasteiger partial charge in [0, 0.05) is 51.5 Å². The van der Waals surface area contributed by atoms with Crippen molar-refractivity contribution in [1.82, 2.24) is 14.5 Å². The Balaban J connectivity index is 1.45. The Morgan fingerprint density at radius 3 is 2.56 bits per heavy atom. The number of carbonyl (C=O) groups excluding carboxylic acids is 1. The standard InChI is InChI=1S/C18H28N4O4S/c1-15-5-3-4-6-17(15)20-7-9-21(10-8-20)18(23)19-13-16-14-22(11-12-26-16)27(2,24)25/h3-6,16H,7-14H2,1-2H3,(H,19,23)/t16-/m0/s1. The predicted octanol–water partition coefficient (Wildman–Crippen LogP) is 0.487. The van der Waals surface area contributed by atoms with Gasteiger partial charge in [0.05, 0.1) is 19.0 Å². The van der Waals surface area contributed by atoms with Crippen LogP contribution < -0.4 is 10.2 Å². The van der Waals surface area contributed by atoms with Gasteiger partial charge in [-0.3, -0.25) is 0 Å². The highest BCUT2D eigenvalue weighted by molar-refractivity contribution is 7.88. The molecule has 9 heteroatoms. The highest BCUT2D eigenvalue weighted by atomic mass is 32.2.